The Morgan fingerprint density at radius 1 is 1.47 bits per heavy atom. The summed E-state index contributed by atoms with van der Waals surface area (Å²) in [5.41, 5.74) is 2.41. The number of amides is 1. The van der Waals surface area contributed by atoms with Crippen molar-refractivity contribution >= 4 is 22.4 Å². The van der Waals surface area contributed by atoms with E-state index in [2.05, 4.69) is 15.3 Å². The number of nitrogens with zero attached hydrogens (tertiary/aromatic N) is 1. The molecule has 0 radical (unpaired) electrons. The van der Waals surface area contributed by atoms with Gasteiger partial charge in [-0.1, -0.05) is 0 Å². The van der Waals surface area contributed by atoms with E-state index in [1.807, 2.05) is 0 Å². The van der Waals surface area contributed by atoms with Crippen LogP contribution in [0.15, 0.2) is 22.6 Å². The van der Waals surface area contributed by atoms with Gasteiger partial charge in [-0.05, 0) is 19.3 Å². The fourth-order valence-electron chi connectivity index (χ4n) is 2.34. The number of anilines is 1. The molecule has 2 aromatic rings. The smallest absolute Gasteiger partial charge is 0.230 e. The molecule has 0 atom stereocenters. The van der Waals surface area contributed by atoms with Crippen molar-refractivity contribution in [3.05, 3.63) is 44.8 Å². The number of hydrogen-bond donors (Lipinski definition) is 2. The third-order valence-electron chi connectivity index (χ3n) is 3.23. The molecule has 0 aliphatic heterocycles. The van der Waals surface area contributed by atoms with Crippen LogP contribution in [-0.2, 0) is 24.1 Å². The molecule has 0 aromatic carbocycles. The monoisotopic (exact) mass is 275 g/mol. The number of hydrogen-bond acceptors (Lipinski definition) is 4. The van der Waals surface area contributed by atoms with E-state index in [4.69, 9.17) is 0 Å². The molecule has 98 valence electrons. The first-order valence-electron chi connectivity index (χ1n) is 6.15. The summed E-state index contributed by atoms with van der Waals surface area (Å²) < 4.78 is 0. The number of aromatic amines is 1. The van der Waals surface area contributed by atoms with E-state index < -0.39 is 0 Å². The first-order chi connectivity index (χ1) is 9.24. The van der Waals surface area contributed by atoms with Gasteiger partial charge in [0, 0.05) is 34.6 Å². The number of rotatable bonds is 3. The molecule has 3 rings (SSSR count). The van der Waals surface area contributed by atoms with Crippen molar-refractivity contribution in [2.45, 2.75) is 25.7 Å². The van der Waals surface area contributed by atoms with E-state index in [-0.39, 0.29) is 17.8 Å². The van der Waals surface area contributed by atoms with Crippen LogP contribution in [-0.4, -0.2) is 15.9 Å². The van der Waals surface area contributed by atoms with Crippen molar-refractivity contribution in [2.24, 2.45) is 0 Å². The number of fused-ring (bicyclic) bond motifs is 1. The Labute approximate surface area is 113 Å². The van der Waals surface area contributed by atoms with Gasteiger partial charge in [0.05, 0.1) is 6.42 Å². The van der Waals surface area contributed by atoms with Gasteiger partial charge in [0.15, 0.2) is 10.6 Å². The Morgan fingerprint density at radius 2 is 2.37 bits per heavy atom. The molecule has 2 aromatic heterocycles. The number of carbonyl (C=O) groups excluding carboxylic acids is 1. The minimum atomic E-state index is -0.210. The summed E-state index contributed by atoms with van der Waals surface area (Å²) in [6.45, 7) is 0. The van der Waals surface area contributed by atoms with E-state index in [0.717, 1.165) is 30.5 Å². The van der Waals surface area contributed by atoms with Crippen LogP contribution in [0.25, 0.3) is 0 Å². The number of carbonyl (C=O) groups is 1. The van der Waals surface area contributed by atoms with Crippen LogP contribution in [0.2, 0.25) is 0 Å². The van der Waals surface area contributed by atoms with Crippen LogP contribution in [0.4, 0.5) is 5.13 Å². The van der Waals surface area contributed by atoms with Crippen LogP contribution < -0.4 is 10.7 Å². The van der Waals surface area contributed by atoms with Crippen LogP contribution in [0, 0.1) is 0 Å². The number of aryl methyl sites for hydroxylation is 1. The second-order valence-electron chi connectivity index (χ2n) is 4.52. The maximum absolute atomic E-state index is 12.2. The first kappa shape index (κ1) is 12.1. The minimum Gasteiger partial charge on any atom is -0.364 e. The largest absolute Gasteiger partial charge is 0.364 e. The highest BCUT2D eigenvalue weighted by Crippen LogP contribution is 2.16. The van der Waals surface area contributed by atoms with Gasteiger partial charge in [0.25, 0.3) is 0 Å². The number of H-pyrrole nitrogens is 1. The lowest BCUT2D eigenvalue weighted by Crippen LogP contribution is -2.22. The molecule has 0 bridgehead atoms. The van der Waals surface area contributed by atoms with Crippen LogP contribution in [0.3, 0.4) is 0 Å². The molecule has 19 heavy (non-hydrogen) atoms. The standard InChI is InChI=1S/C13H13N3O2S/c17-11(16-13-14-4-5-19-13)6-8-7-15-10-3-1-2-9(10)12(8)18/h4-5,7H,1-3,6H2,(H,15,18)(H,14,16,17). The van der Waals surface area contributed by atoms with Crippen LogP contribution in [0.5, 0.6) is 0 Å². The van der Waals surface area contributed by atoms with Crippen molar-refractivity contribution in [2.75, 3.05) is 5.32 Å². The molecule has 1 aliphatic carbocycles. The van der Waals surface area contributed by atoms with Crippen molar-refractivity contribution in [1.29, 1.82) is 0 Å². The summed E-state index contributed by atoms with van der Waals surface area (Å²) in [4.78, 5) is 31.1. The van der Waals surface area contributed by atoms with E-state index in [9.17, 15) is 9.59 Å². The predicted molar refractivity (Wildman–Crippen MR) is 73.5 cm³/mol. The molecule has 0 spiro atoms. The Kier molecular flexibility index (Phi) is 3.16. The highest BCUT2D eigenvalue weighted by atomic mass is 32.1. The second-order valence-corrected chi connectivity index (χ2v) is 5.41. The lowest BCUT2D eigenvalue weighted by Gasteiger charge is -2.04. The lowest BCUT2D eigenvalue weighted by atomic mass is 10.1. The molecule has 0 fully saturated rings. The first-order valence-corrected chi connectivity index (χ1v) is 7.03. The molecule has 2 heterocycles. The zero-order chi connectivity index (χ0) is 13.2. The van der Waals surface area contributed by atoms with Gasteiger partial charge in [-0.15, -0.1) is 11.3 Å². The van der Waals surface area contributed by atoms with Crippen molar-refractivity contribution < 1.29 is 4.79 Å². The topological polar surface area (TPSA) is 74.8 Å². The molecule has 1 amide bonds. The van der Waals surface area contributed by atoms with Crippen molar-refractivity contribution in [3.63, 3.8) is 0 Å². The van der Waals surface area contributed by atoms with Gasteiger partial charge in [-0.2, -0.15) is 0 Å². The fraction of sp³-hybridized carbons (Fsp3) is 0.308. The number of thiazole rings is 1. The molecule has 0 saturated carbocycles. The Hall–Kier alpha value is -1.95. The fourth-order valence-corrected chi connectivity index (χ4v) is 2.89. The maximum Gasteiger partial charge on any atom is 0.230 e. The quantitative estimate of drug-likeness (QED) is 0.891. The number of pyridine rings is 1. The Bertz CT molecular complexity index is 661. The molecule has 1 aliphatic rings. The summed E-state index contributed by atoms with van der Waals surface area (Å²) in [6.07, 6.45) is 6.12. The van der Waals surface area contributed by atoms with Crippen molar-refractivity contribution in [1.82, 2.24) is 9.97 Å². The van der Waals surface area contributed by atoms with Gasteiger partial charge in [-0.3, -0.25) is 9.59 Å². The average molecular weight is 275 g/mol. The van der Waals surface area contributed by atoms with Crippen LogP contribution >= 0.6 is 11.3 Å². The van der Waals surface area contributed by atoms with E-state index in [1.165, 1.54) is 11.3 Å². The predicted octanol–water partition coefficient (Wildman–Crippen LogP) is 1.50. The van der Waals surface area contributed by atoms with E-state index >= 15 is 0 Å². The van der Waals surface area contributed by atoms with E-state index in [1.54, 1.807) is 17.8 Å². The summed E-state index contributed by atoms with van der Waals surface area (Å²) in [5, 5.41) is 5.03. The summed E-state index contributed by atoms with van der Waals surface area (Å²) in [5.74, 6) is -0.210. The zero-order valence-corrected chi connectivity index (χ0v) is 11.0. The van der Waals surface area contributed by atoms with Crippen molar-refractivity contribution in [3.8, 4) is 0 Å². The van der Waals surface area contributed by atoms with E-state index in [0.29, 0.717) is 10.7 Å². The highest BCUT2D eigenvalue weighted by molar-refractivity contribution is 7.13. The van der Waals surface area contributed by atoms with Gasteiger partial charge in [-0.25, -0.2) is 4.98 Å². The number of aromatic nitrogens is 2. The normalized spacial score (nSPS) is 13.3. The van der Waals surface area contributed by atoms with Crippen LogP contribution in [0.1, 0.15) is 23.2 Å². The second kappa shape index (κ2) is 4.97. The Balaban J connectivity index is 1.77. The molecule has 2 N–H and O–H groups in total. The molecule has 0 saturated heterocycles. The third kappa shape index (κ3) is 2.44. The van der Waals surface area contributed by atoms with Gasteiger partial charge < -0.3 is 10.3 Å². The molecular weight excluding hydrogens is 262 g/mol. The van der Waals surface area contributed by atoms with Gasteiger partial charge in [0.2, 0.25) is 5.91 Å². The SMILES string of the molecule is O=C(Cc1c[nH]c2c(c1=O)CCC2)Nc1nccs1. The van der Waals surface area contributed by atoms with Gasteiger partial charge in [0.1, 0.15) is 0 Å². The summed E-state index contributed by atoms with van der Waals surface area (Å²) >= 11 is 1.36. The summed E-state index contributed by atoms with van der Waals surface area (Å²) in [7, 11) is 0. The molecule has 5 nitrogen and oxygen atoms in total. The summed E-state index contributed by atoms with van der Waals surface area (Å²) in [6, 6.07) is 0. The third-order valence-corrected chi connectivity index (χ3v) is 3.92. The highest BCUT2D eigenvalue weighted by Gasteiger charge is 2.18. The molecule has 0 unspecified atom stereocenters. The molecule has 6 heteroatoms. The Morgan fingerprint density at radius 3 is 3.16 bits per heavy atom. The lowest BCUT2D eigenvalue weighted by molar-refractivity contribution is -0.115. The minimum absolute atomic E-state index is 0.0144. The van der Waals surface area contributed by atoms with Gasteiger partial charge >= 0.3 is 0 Å². The average Bonchev–Trinajstić information content (AvgIpc) is 3.03. The number of nitrogens with one attached hydrogen (secondary N) is 2. The molecular formula is C13H13N3O2S. The maximum atomic E-state index is 12.2. The zero-order valence-electron chi connectivity index (χ0n) is 10.2.